The van der Waals surface area contributed by atoms with Crippen molar-refractivity contribution in [2.75, 3.05) is 43.0 Å². The summed E-state index contributed by atoms with van der Waals surface area (Å²) >= 11 is 7.39. The van der Waals surface area contributed by atoms with E-state index in [0.717, 1.165) is 17.9 Å². The number of anilines is 2. The number of hydrogen-bond acceptors (Lipinski definition) is 5. The Morgan fingerprint density at radius 1 is 1.18 bits per heavy atom. The highest BCUT2D eigenvalue weighted by Gasteiger charge is 2.37. The summed E-state index contributed by atoms with van der Waals surface area (Å²) in [6.45, 7) is 1.97. The molecule has 3 heterocycles. The second kappa shape index (κ2) is 7.67. The molecular weight excluding hydrogens is 418 g/mol. The summed E-state index contributed by atoms with van der Waals surface area (Å²) in [6.07, 6.45) is 1.37. The summed E-state index contributed by atoms with van der Waals surface area (Å²) in [6, 6.07) is 8.90. The lowest BCUT2D eigenvalue weighted by Gasteiger charge is -2.39. The molecule has 1 unspecified atom stereocenters. The highest BCUT2D eigenvalue weighted by atomic mass is 35.5. The summed E-state index contributed by atoms with van der Waals surface area (Å²) in [4.78, 5) is 17.2. The van der Waals surface area contributed by atoms with E-state index < -0.39 is 10.0 Å². The zero-order valence-electron chi connectivity index (χ0n) is 15.5. The number of benzene rings is 1. The van der Waals surface area contributed by atoms with Gasteiger partial charge in [0.2, 0.25) is 5.91 Å². The molecule has 1 amide bonds. The molecule has 1 fully saturated rings. The molecule has 1 saturated heterocycles. The van der Waals surface area contributed by atoms with E-state index >= 15 is 0 Å². The third-order valence-corrected chi connectivity index (χ3v) is 8.86. The van der Waals surface area contributed by atoms with Gasteiger partial charge >= 0.3 is 0 Å². The van der Waals surface area contributed by atoms with E-state index in [9.17, 15) is 13.2 Å². The van der Waals surface area contributed by atoms with Crippen LogP contribution in [0.1, 0.15) is 12.8 Å². The Balaban J connectivity index is 1.58. The monoisotopic (exact) mass is 439 g/mol. The van der Waals surface area contributed by atoms with Crippen molar-refractivity contribution in [1.29, 1.82) is 0 Å². The van der Waals surface area contributed by atoms with Crippen LogP contribution in [0.5, 0.6) is 0 Å². The lowest BCUT2D eigenvalue weighted by atomic mass is 9.97. The second-order valence-corrected chi connectivity index (χ2v) is 10.7. The Bertz CT molecular complexity index is 978. The predicted molar refractivity (Wildman–Crippen MR) is 113 cm³/mol. The lowest BCUT2D eigenvalue weighted by Crippen LogP contribution is -2.50. The number of carbonyl (C=O) groups is 1. The number of amides is 1. The number of nitrogens with zero attached hydrogens (tertiary/aromatic N) is 3. The molecule has 28 heavy (non-hydrogen) atoms. The molecule has 2 aliphatic heterocycles. The number of piperidine rings is 1. The fourth-order valence-corrected chi connectivity index (χ4v) is 6.71. The summed E-state index contributed by atoms with van der Waals surface area (Å²) in [7, 11) is -1.55. The van der Waals surface area contributed by atoms with Gasteiger partial charge in [-0.15, -0.1) is 11.3 Å². The van der Waals surface area contributed by atoms with Gasteiger partial charge in [-0.3, -0.25) is 4.79 Å². The number of thiophene rings is 1. The quantitative estimate of drug-likeness (QED) is 0.736. The first-order chi connectivity index (χ1) is 13.4. The largest absolute Gasteiger partial charge is 0.371 e. The minimum atomic E-state index is -3.54. The normalized spacial score (nSPS) is 20.9. The molecule has 2 aliphatic rings. The summed E-state index contributed by atoms with van der Waals surface area (Å²) in [5.74, 6) is -0.374. The molecule has 1 aromatic heterocycles. The van der Waals surface area contributed by atoms with Crippen LogP contribution >= 0.6 is 22.9 Å². The van der Waals surface area contributed by atoms with Crippen molar-refractivity contribution in [3.63, 3.8) is 0 Å². The van der Waals surface area contributed by atoms with Gasteiger partial charge in [-0.2, -0.15) is 4.31 Å². The fraction of sp³-hybridized carbons (Fsp3) is 0.421. The van der Waals surface area contributed by atoms with Crippen LogP contribution in [0, 0.1) is 5.92 Å². The Labute approximate surface area is 174 Å². The predicted octanol–water partition coefficient (Wildman–Crippen LogP) is 3.29. The van der Waals surface area contributed by atoms with E-state index in [1.807, 2.05) is 25.2 Å². The number of fused-ring (bicyclic) bond motifs is 1. The number of hydrogen-bond donors (Lipinski definition) is 0. The van der Waals surface area contributed by atoms with Crippen LogP contribution in [-0.2, 0) is 14.8 Å². The standard InChI is InChI=1S/C19H22ClN3O3S2/c1-21-9-10-23(17-12-15(20)6-7-16(17)21)19(24)14-4-2-8-22(13-14)28(25,26)18-5-3-11-27-18/h3,5-7,11-12,14H,2,4,8-10,13H2,1H3. The van der Waals surface area contributed by atoms with Crippen molar-refractivity contribution in [3.8, 4) is 0 Å². The maximum atomic E-state index is 13.3. The van der Waals surface area contributed by atoms with Gasteiger partial charge < -0.3 is 9.80 Å². The van der Waals surface area contributed by atoms with Crippen LogP contribution in [0.15, 0.2) is 39.9 Å². The fourth-order valence-electron chi connectivity index (χ4n) is 3.88. The molecule has 0 N–H and O–H groups in total. The number of rotatable bonds is 3. The number of carbonyl (C=O) groups excluding carboxylic acids is 1. The van der Waals surface area contributed by atoms with Crippen LogP contribution < -0.4 is 9.80 Å². The molecule has 1 aromatic carbocycles. The molecule has 0 spiro atoms. The molecule has 0 bridgehead atoms. The first-order valence-corrected chi connectivity index (χ1v) is 11.9. The van der Waals surface area contributed by atoms with Crippen molar-refractivity contribution < 1.29 is 13.2 Å². The van der Waals surface area contributed by atoms with E-state index in [-0.39, 0.29) is 18.4 Å². The molecule has 6 nitrogen and oxygen atoms in total. The minimum Gasteiger partial charge on any atom is -0.371 e. The zero-order chi connectivity index (χ0) is 19.9. The highest BCUT2D eigenvalue weighted by molar-refractivity contribution is 7.91. The first kappa shape index (κ1) is 19.7. The third-order valence-electron chi connectivity index (χ3n) is 5.39. The summed E-state index contributed by atoms with van der Waals surface area (Å²) in [5.41, 5.74) is 1.76. The highest BCUT2D eigenvalue weighted by Crippen LogP contribution is 2.36. The summed E-state index contributed by atoms with van der Waals surface area (Å²) < 4.78 is 27.5. The molecule has 150 valence electrons. The molecule has 9 heteroatoms. The van der Waals surface area contributed by atoms with Gasteiger partial charge in [0.05, 0.1) is 17.3 Å². The smallest absolute Gasteiger partial charge is 0.252 e. The SMILES string of the molecule is CN1CCN(C(=O)C2CCCN(S(=O)(=O)c3cccs3)C2)c2cc(Cl)ccc21. The van der Waals surface area contributed by atoms with Crippen molar-refractivity contribution in [2.45, 2.75) is 17.1 Å². The van der Waals surface area contributed by atoms with Crippen molar-refractivity contribution >= 4 is 50.2 Å². The molecule has 0 aliphatic carbocycles. The van der Waals surface area contributed by atoms with Crippen LogP contribution in [0.3, 0.4) is 0 Å². The van der Waals surface area contributed by atoms with E-state index in [4.69, 9.17) is 11.6 Å². The average molecular weight is 440 g/mol. The third kappa shape index (κ3) is 3.54. The Morgan fingerprint density at radius 3 is 2.75 bits per heavy atom. The second-order valence-electron chi connectivity index (χ2n) is 7.18. The van der Waals surface area contributed by atoms with E-state index in [2.05, 4.69) is 4.90 Å². The van der Waals surface area contributed by atoms with E-state index in [0.29, 0.717) is 35.2 Å². The van der Waals surface area contributed by atoms with Crippen molar-refractivity contribution in [2.24, 2.45) is 5.92 Å². The van der Waals surface area contributed by atoms with Crippen LogP contribution in [0.25, 0.3) is 0 Å². The zero-order valence-corrected chi connectivity index (χ0v) is 17.9. The van der Waals surface area contributed by atoms with Gasteiger partial charge in [-0.1, -0.05) is 17.7 Å². The van der Waals surface area contributed by atoms with Gasteiger partial charge in [-0.05, 0) is 42.5 Å². The van der Waals surface area contributed by atoms with Gasteiger partial charge in [0.1, 0.15) is 4.21 Å². The maximum absolute atomic E-state index is 13.3. The van der Waals surface area contributed by atoms with Crippen LogP contribution in [-0.4, -0.2) is 51.9 Å². The Morgan fingerprint density at radius 2 is 2.00 bits per heavy atom. The van der Waals surface area contributed by atoms with E-state index in [1.54, 1.807) is 22.4 Å². The molecule has 0 radical (unpaired) electrons. The molecule has 2 aromatic rings. The van der Waals surface area contributed by atoms with Crippen LogP contribution in [0.4, 0.5) is 11.4 Å². The molecular formula is C19H22ClN3O3S2. The van der Waals surface area contributed by atoms with Crippen molar-refractivity contribution in [3.05, 3.63) is 40.7 Å². The maximum Gasteiger partial charge on any atom is 0.252 e. The van der Waals surface area contributed by atoms with Gasteiger partial charge in [0, 0.05) is 38.2 Å². The van der Waals surface area contributed by atoms with Gasteiger partial charge in [0.25, 0.3) is 10.0 Å². The topological polar surface area (TPSA) is 60.9 Å². The molecule has 4 rings (SSSR count). The Kier molecular flexibility index (Phi) is 5.39. The average Bonchev–Trinajstić information content (AvgIpc) is 3.23. The molecule has 1 atom stereocenters. The van der Waals surface area contributed by atoms with E-state index in [1.165, 1.54) is 15.6 Å². The van der Waals surface area contributed by atoms with Crippen LogP contribution in [0.2, 0.25) is 5.02 Å². The Hall–Kier alpha value is -1.61. The lowest BCUT2D eigenvalue weighted by molar-refractivity contribution is -0.123. The van der Waals surface area contributed by atoms with Gasteiger partial charge in [-0.25, -0.2) is 8.42 Å². The van der Waals surface area contributed by atoms with Gasteiger partial charge in [0.15, 0.2) is 0 Å². The minimum absolute atomic E-state index is 0.0253. The number of halogens is 1. The first-order valence-electron chi connectivity index (χ1n) is 9.23. The molecule has 0 saturated carbocycles. The number of sulfonamides is 1. The van der Waals surface area contributed by atoms with Crippen molar-refractivity contribution in [1.82, 2.24) is 4.31 Å². The summed E-state index contributed by atoms with van der Waals surface area (Å²) in [5, 5.41) is 2.34. The number of likely N-dealkylation sites (N-methyl/N-ethyl adjacent to an activating group) is 1.